The van der Waals surface area contributed by atoms with Gasteiger partial charge in [0.15, 0.2) is 0 Å². The first-order chi connectivity index (χ1) is 8.22. The highest BCUT2D eigenvalue weighted by Crippen LogP contribution is 2.24. The summed E-state index contributed by atoms with van der Waals surface area (Å²) >= 11 is 0. The van der Waals surface area contributed by atoms with E-state index in [0.29, 0.717) is 25.2 Å². The summed E-state index contributed by atoms with van der Waals surface area (Å²) in [6.45, 7) is 2.40. The predicted molar refractivity (Wildman–Crippen MR) is 63.6 cm³/mol. The Labute approximate surface area is 102 Å². The zero-order valence-electron chi connectivity index (χ0n) is 10.4. The number of likely N-dealkylation sites (tertiary alicyclic amines) is 1. The summed E-state index contributed by atoms with van der Waals surface area (Å²) in [6, 6.07) is 0.999. The van der Waals surface area contributed by atoms with E-state index < -0.39 is 0 Å². The van der Waals surface area contributed by atoms with Gasteiger partial charge >= 0.3 is 5.97 Å². The third-order valence-electron chi connectivity index (χ3n) is 3.53. The van der Waals surface area contributed by atoms with Crippen molar-refractivity contribution >= 4 is 5.97 Å². The Balaban J connectivity index is 1.90. The maximum Gasteiger partial charge on any atom is 0.310 e. The van der Waals surface area contributed by atoms with Gasteiger partial charge in [-0.05, 0) is 19.3 Å². The van der Waals surface area contributed by atoms with Gasteiger partial charge in [-0.3, -0.25) is 9.69 Å². The van der Waals surface area contributed by atoms with Gasteiger partial charge in [-0.1, -0.05) is 0 Å². The second kappa shape index (κ2) is 5.80. The number of nitrogens with one attached hydrogen (secondary N) is 1. The Morgan fingerprint density at radius 2 is 2.18 bits per heavy atom. The first-order valence-electron chi connectivity index (χ1n) is 6.40. The third kappa shape index (κ3) is 3.66. The van der Waals surface area contributed by atoms with Gasteiger partial charge in [-0.2, -0.15) is 0 Å². The van der Waals surface area contributed by atoms with Gasteiger partial charge in [-0.25, -0.2) is 0 Å². The molecule has 1 aliphatic carbocycles. The molecule has 0 bridgehead atoms. The Morgan fingerprint density at radius 3 is 2.76 bits per heavy atom. The Kier molecular flexibility index (Phi) is 4.36. The van der Waals surface area contributed by atoms with Gasteiger partial charge < -0.3 is 15.2 Å². The average Bonchev–Trinajstić information content (AvgIpc) is 3.12. The van der Waals surface area contributed by atoms with E-state index in [4.69, 9.17) is 9.84 Å². The van der Waals surface area contributed by atoms with Crippen molar-refractivity contribution in [3.05, 3.63) is 0 Å². The maximum absolute atomic E-state index is 11.6. The lowest BCUT2D eigenvalue weighted by molar-refractivity contribution is -0.147. The molecular weight excluding hydrogens is 220 g/mol. The van der Waals surface area contributed by atoms with E-state index in [0.717, 1.165) is 13.0 Å². The first kappa shape index (κ1) is 12.8. The van der Waals surface area contributed by atoms with Crippen molar-refractivity contribution in [2.75, 3.05) is 33.4 Å². The second-order valence-electron chi connectivity index (χ2n) is 5.08. The Hall–Kier alpha value is -0.650. The Bertz CT molecular complexity index is 268. The van der Waals surface area contributed by atoms with Crippen LogP contribution in [-0.2, 0) is 9.53 Å². The summed E-state index contributed by atoms with van der Waals surface area (Å²) in [5, 5.41) is 12.6. The first-order valence-corrected chi connectivity index (χ1v) is 6.40. The van der Waals surface area contributed by atoms with Gasteiger partial charge in [0.25, 0.3) is 0 Å². The molecule has 0 aromatic rings. The van der Waals surface area contributed by atoms with Crippen molar-refractivity contribution < 1.29 is 14.6 Å². The lowest BCUT2D eigenvalue weighted by Crippen LogP contribution is -2.52. The molecule has 0 spiro atoms. The molecule has 1 saturated carbocycles. The summed E-state index contributed by atoms with van der Waals surface area (Å²) < 4.78 is 4.83. The molecule has 98 valence electrons. The van der Waals surface area contributed by atoms with Crippen molar-refractivity contribution in [3.63, 3.8) is 0 Å². The van der Waals surface area contributed by atoms with Crippen molar-refractivity contribution in [1.82, 2.24) is 10.2 Å². The van der Waals surface area contributed by atoms with Crippen molar-refractivity contribution in [2.24, 2.45) is 5.92 Å². The molecule has 0 aromatic carbocycles. The van der Waals surface area contributed by atoms with E-state index >= 15 is 0 Å². The lowest BCUT2D eigenvalue weighted by Gasteiger charge is -2.36. The van der Waals surface area contributed by atoms with Gasteiger partial charge in [0.2, 0.25) is 0 Å². The molecule has 0 aromatic heterocycles. The van der Waals surface area contributed by atoms with Crippen LogP contribution in [0.2, 0.25) is 0 Å². The van der Waals surface area contributed by atoms with E-state index in [2.05, 4.69) is 10.2 Å². The summed E-state index contributed by atoms with van der Waals surface area (Å²) in [5.74, 6) is -0.188. The van der Waals surface area contributed by atoms with Gasteiger partial charge in [0.05, 0.1) is 19.6 Å². The summed E-state index contributed by atoms with van der Waals surface area (Å²) in [7, 11) is 1.44. The summed E-state index contributed by atoms with van der Waals surface area (Å²) in [4.78, 5) is 13.8. The average molecular weight is 242 g/mol. The number of β-amino-alcohol motifs (C(OH)–C–C–N with tert-alkyl or cyclic N) is 1. The smallest absolute Gasteiger partial charge is 0.310 e. The highest BCUT2D eigenvalue weighted by atomic mass is 16.5. The number of methoxy groups -OCH3 is 1. The van der Waals surface area contributed by atoms with Crippen LogP contribution in [0.4, 0.5) is 0 Å². The molecule has 0 amide bonds. The number of piperidine rings is 1. The quantitative estimate of drug-likeness (QED) is 0.642. The number of carbonyl (C=O) groups excluding carboxylic acids is 1. The fraction of sp³-hybridized carbons (Fsp3) is 0.917. The molecule has 0 radical (unpaired) electrons. The van der Waals surface area contributed by atoms with Crippen molar-refractivity contribution in [3.8, 4) is 0 Å². The predicted octanol–water partition coefficient (Wildman–Crippen LogP) is -0.406. The van der Waals surface area contributed by atoms with Crippen LogP contribution in [-0.4, -0.2) is 61.4 Å². The van der Waals surface area contributed by atoms with Crippen LogP contribution < -0.4 is 5.32 Å². The van der Waals surface area contributed by atoms with Crippen LogP contribution in [0, 0.1) is 5.92 Å². The van der Waals surface area contributed by atoms with Crippen molar-refractivity contribution in [2.45, 2.75) is 31.3 Å². The van der Waals surface area contributed by atoms with Crippen LogP contribution in [0.15, 0.2) is 0 Å². The monoisotopic (exact) mass is 242 g/mol. The number of esters is 1. The molecule has 1 heterocycles. The topological polar surface area (TPSA) is 61.8 Å². The molecule has 5 nitrogen and oxygen atoms in total. The Morgan fingerprint density at radius 1 is 1.41 bits per heavy atom. The molecule has 1 saturated heterocycles. The van der Waals surface area contributed by atoms with Crippen molar-refractivity contribution in [1.29, 1.82) is 0 Å². The minimum Gasteiger partial charge on any atom is -0.469 e. The largest absolute Gasteiger partial charge is 0.469 e. The maximum atomic E-state index is 11.6. The van der Waals surface area contributed by atoms with Crippen LogP contribution >= 0.6 is 0 Å². The van der Waals surface area contributed by atoms with E-state index in [9.17, 15) is 4.79 Å². The number of hydrogen-bond acceptors (Lipinski definition) is 5. The molecule has 2 atom stereocenters. The molecule has 5 heteroatoms. The van der Waals surface area contributed by atoms with Crippen LogP contribution in [0.3, 0.4) is 0 Å². The molecule has 2 N–H and O–H groups in total. The highest BCUT2D eigenvalue weighted by Gasteiger charge is 2.34. The van der Waals surface area contributed by atoms with Crippen LogP contribution in [0.1, 0.15) is 19.3 Å². The van der Waals surface area contributed by atoms with Crippen LogP contribution in [0.25, 0.3) is 0 Å². The number of nitrogens with zero attached hydrogens (tertiary/aromatic N) is 1. The minimum atomic E-state index is -0.129. The highest BCUT2D eigenvalue weighted by molar-refractivity contribution is 5.72. The van der Waals surface area contributed by atoms with E-state index in [-0.39, 0.29) is 18.5 Å². The summed E-state index contributed by atoms with van der Waals surface area (Å²) in [5.41, 5.74) is 0. The van der Waals surface area contributed by atoms with E-state index in [1.807, 2.05) is 0 Å². The molecule has 17 heavy (non-hydrogen) atoms. The SMILES string of the molecule is COC(=O)C1CC(NC2CC2)CN(CCO)C1. The summed E-state index contributed by atoms with van der Waals surface area (Å²) in [6.07, 6.45) is 3.35. The number of ether oxygens (including phenoxy) is 1. The molecular formula is C12H22N2O3. The standard InChI is InChI=1S/C12H22N2O3/c1-17-12(16)9-6-11(13-10-2-3-10)8-14(7-9)4-5-15/h9-11,13,15H,2-8H2,1H3. The van der Waals surface area contributed by atoms with Gasteiger partial charge in [0.1, 0.15) is 0 Å². The lowest BCUT2D eigenvalue weighted by atomic mass is 9.94. The third-order valence-corrected chi connectivity index (χ3v) is 3.53. The number of hydrogen-bond donors (Lipinski definition) is 2. The van der Waals surface area contributed by atoms with E-state index in [1.54, 1.807) is 0 Å². The fourth-order valence-electron chi connectivity index (χ4n) is 2.56. The van der Waals surface area contributed by atoms with Gasteiger partial charge in [-0.15, -0.1) is 0 Å². The normalized spacial score (nSPS) is 30.2. The second-order valence-corrected chi connectivity index (χ2v) is 5.08. The van der Waals surface area contributed by atoms with Crippen LogP contribution in [0.5, 0.6) is 0 Å². The molecule has 2 unspecified atom stereocenters. The zero-order chi connectivity index (χ0) is 12.3. The molecule has 2 fully saturated rings. The molecule has 2 aliphatic rings. The number of carbonyl (C=O) groups is 1. The minimum absolute atomic E-state index is 0.0588. The molecule has 1 aliphatic heterocycles. The zero-order valence-corrected chi connectivity index (χ0v) is 10.4. The fourth-order valence-corrected chi connectivity index (χ4v) is 2.56. The number of aliphatic hydroxyl groups excluding tert-OH is 1. The van der Waals surface area contributed by atoms with Gasteiger partial charge in [0, 0.05) is 31.7 Å². The van der Waals surface area contributed by atoms with E-state index in [1.165, 1.54) is 20.0 Å². The molecule has 2 rings (SSSR count). The number of rotatable bonds is 5. The number of aliphatic hydroxyl groups is 1.